The molecule has 1 unspecified atom stereocenters. The summed E-state index contributed by atoms with van der Waals surface area (Å²) in [7, 11) is 1.56. The first-order valence-corrected chi connectivity index (χ1v) is 10.2. The lowest BCUT2D eigenvalue weighted by molar-refractivity contribution is -0.122. The van der Waals surface area contributed by atoms with Gasteiger partial charge in [-0.15, -0.1) is 0 Å². The van der Waals surface area contributed by atoms with Crippen LogP contribution in [0.5, 0.6) is 0 Å². The molecule has 1 aliphatic heterocycles. The number of hydrogen-bond donors (Lipinski definition) is 1. The third kappa shape index (κ3) is 7.50. The summed E-state index contributed by atoms with van der Waals surface area (Å²) in [4.78, 5) is 27.8. The van der Waals surface area contributed by atoms with Crippen LogP contribution in [-0.4, -0.2) is 53.6 Å². The topological polar surface area (TPSA) is 61.9 Å². The summed E-state index contributed by atoms with van der Waals surface area (Å²) in [6.07, 6.45) is 3.40. The fourth-order valence-corrected chi connectivity index (χ4v) is 3.27. The van der Waals surface area contributed by atoms with E-state index in [1.54, 1.807) is 27.8 Å². The van der Waals surface area contributed by atoms with E-state index in [2.05, 4.69) is 41.4 Å². The van der Waals surface area contributed by atoms with Crippen molar-refractivity contribution in [3.05, 3.63) is 35.4 Å². The van der Waals surface area contributed by atoms with Gasteiger partial charge < -0.3 is 15.0 Å². The maximum absolute atomic E-state index is 12.1. The second-order valence-corrected chi connectivity index (χ2v) is 8.74. The normalized spacial score (nSPS) is 17.8. The lowest BCUT2D eigenvalue weighted by Gasteiger charge is -2.33. The number of piperidine rings is 1. The van der Waals surface area contributed by atoms with E-state index >= 15 is 0 Å². The van der Waals surface area contributed by atoms with Gasteiger partial charge in [-0.25, -0.2) is 4.79 Å². The van der Waals surface area contributed by atoms with Crippen LogP contribution in [0.15, 0.2) is 24.3 Å². The minimum absolute atomic E-state index is 0.0279. The monoisotopic (exact) mass is 389 g/mol. The zero-order chi connectivity index (χ0) is 20.7. The summed E-state index contributed by atoms with van der Waals surface area (Å²) in [5, 5.41) is 2.86. The molecule has 0 saturated carbocycles. The second-order valence-electron chi connectivity index (χ2n) is 8.74. The van der Waals surface area contributed by atoms with Gasteiger partial charge in [0.25, 0.3) is 0 Å². The van der Waals surface area contributed by atoms with Crippen molar-refractivity contribution < 1.29 is 14.3 Å². The molecular weight excluding hydrogens is 354 g/mol. The number of carbonyl (C=O) groups is 2. The number of amides is 2. The smallest absolute Gasteiger partial charge is 0.410 e. The Kier molecular flexibility index (Phi) is 7.87. The summed E-state index contributed by atoms with van der Waals surface area (Å²) in [5.41, 5.74) is 1.77. The molecule has 6 nitrogen and oxygen atoms in total. The molecule has 156 valence electrons. The van der Waals surface area contributed by atoms with Gasteiger partial charge in [-0.05, 0) is 58.2 Å². The van der Waals surface area contributed by atoms with Crippen LogP contribution in [0.4, 0.5) is 4.79 Å². The van der Waals surface area contributed by atoms with E-state index in [1.807, 2.05) is 0 Å². The molecule has 2 rings (SSSR count). The largest absolute Gasteiger partial charge is 0.444 e. The van der Waals surface area contributed by atoms with Crippen LogP contribution in [0.1, 0.15) is 58.1 Å². The molecule has 1 atom stereocenters. The Hall–Kier alpha value is -2.08. The molecule has 1 N–H and O–H groups in total. The van der Waals surface area contributed by atoms with E-state index in [4.69, 9.17) is 4.74 Å². The summed E-state index contributed by atoms with van der Waals surface area (Å²) in [5.74, 6) is -0.209. The zero-order valence-corrected chi connectivity index (χ0v) is 18.0. The Bertz CT molecular complexity index is 652. The van der Waals surface area contributed by atoms with E-state index in [1.165, 1.54) is 36.3 Å². The number of benzene rings is 1. The first-order valence-electron chi connectivity index (χ1n) is 10.2. The van der Waals surface area contributed by atoms with Crippen LogP contribution in [0, 0.1) is 0 Å². The van der Waals surface area contributed by atoms with Crippen molar-refractivity contribution in [2.24, 2.45) is 0 Å². The quantitative estimate of drug-likeness (QED) is 0.808. The van der Waals surface area contributed by atoms with Gasteiger partial charge in [-0.3, -0.25) is 9.69 Å². The van der Waals surface area contributed by atoms with Gasteiger partial charge in [0.15, 0.2) is 0 Å². The molecule has 0 aromatic heterocycles. The maximum atomic E-state index is 12.1. The molecule has 28 heavy (non-hydrogen) atoms. The third-order valence-electron chi connectivity index (χ3n) is 4.92. The van der Waals surface area contributed by atoms with Gasteiger partial charge in [0.1, 0.15) is 12.1 Å². The number of likely N-dealkylation sites (tertiary alicyclic amines) is 1. The molecule has 1 fully saturated rings. The highest BCUT2D eigenvalue weighted by Gasteiger charge is 2.21. The molecule has 0 spiro atoms. The van der Waals surface area contributed by atoms with Crippen LogP contribution in [-0.2, 0) is 22.6 Å². The van der Waals surface area contributed by atoms with E-state index < -0.39 is 11.7 Å². The predicted octanol–water partition coefficient (Wildman–Crippen LogP) is 3.54. The van der Waals surface area contributed by atoms with Gasteiger partial charge >= 0.3 is 6.09 Å². The minimum Gasteiger partial charge on any atom is -0.444 e. The second kappa shape index (κ2) is 9.92. The summed E-state index contributed by atoms with van der Waals surface area (Å²) >= 11 is 0. The van der Waals surface area contributed by atoms with Crippen LogP contribution in [0.2, 0.25) is 0 Å². The van der Waals surface area contributed by atoms with Crippen molar-refractivity contribution in [1.29, 1.82) is 0 Å². The molecule has 1 aromatic carbocycles. The highest BCUT2D eigenvalue weighted by Crippen LogP contribution is 2.19. The number of ether oxygens (including phenoxy) is 1. The summed E-state index contributed by atoms with van der Waals surface area (Å²) < 4.78 is 5.25. The minimum atomic E-state index is -0.574. The molecule has 1 saturated heterocycles. The maximum Gasteiger partial charge on any atom is 0.410 e. The van der Waals surface area contributed by atoms with Crippen LogP contribution in [0.25, 0.3) is 0 Å². The Balaban J connectivity index is 1.76. The number of likely N-dealkylation sites (N-methyl/N-ethyl adjacent to an activating group) is 1. The molecule has 1 aromatic rings. The van der Waals surface area contributed by atoms with Crippen molar-refractivity contribution in [3.63, 3.8) is 0 Å². The van der Waals surface area contributed by atoms with E-state index in [-0.39, 0.29) is 12.5 Å². The van der Waals surface area contributed by atoms with Gasteiger partial charge in [-0.1, -0.05) is 30.7 Å². The Morgan fingerprint density at radius 2 is 1.82 bits per heavy atom. The van der Waals surface area contributed by atoms with Gasteiger partial charge in [0.2, 0.25) is 5.91 Å². The predicted molar refractivity (Wildman–Crippen MR) is 111 cm³/mol. The van der Waals surface area contributed by atoms with Crippen molar-refractivity contribution in [1.82, 2.24) is 15.1 Å². The molecule has 6 heteroatoms. The van der Waals surface area contributed by atoms with Crippen LogP contribution < -0.4 is 5.32 Å². The number of hydrogen-bond acceptors (Lipinski definition) is 4. The van der Waals surface area contributed by atoms with Gasteiger partial charge in [0, 0.05) is 26.2 Å². The number of rotatable bonds is 6. The highest BCUT2D eigenvalue weighted by atomic mass is 16.6. The van der Waals surface area contributed by atoms with Crippen molar-refractivity contribution in [2.45, 2.75) is 71.7 Å². The van der Waals surface area contributed by atoms with E-state index in [0.29, 0.717) is 12.6 Å². The summed E-state index contributed by atoms with van der Waals surface area (Å²) in [6.45, 7) is 10.3. The SMILES string of the molecule is CC1CCCCN1Cc1ccc(CNC(=O)CN(C)C(=O)OC(C)(C)C)cc1. The van der Waals surface area contributed by atoms with Gasteiger partial charge in [0.05, 0.1) is 0 Å². The lowest BCUT2D eigenvalue weighted by Crippen LogP contribution is -2.40. The van der Waals surface area contributed by atoms with Crippen LogP contribution in [0.3, 0.4) is 0 Å². The molecule has 1 aliphatic rings. The average molecular weight is 390 g/mol. The molecular formula is C22H35N3O3. The van der Waals surface area contributed by atoms with Crippen molar-refractivity contribution >= 4 is 12.0 Å². The molecule has 1 heterocycles. The molecule has 0 aliphatic carbocycles. The van der Waals surface area contributed by atoms with E-state index in [0.717, 1.165) is 12.1 Å². The number of carbonyl (C=O) groups excluding carboxylic acids is 2. The zero-order valence-electron chi connectivity index (χ0n) is 18.0. The first kappa shape index (κ1) is 22.2. The number of nitrogens with zero attached hydrogens (tertiary/aromatic N) is 2. The van der Waals surface area contributed by atoms with Gasteiger partial charge in [-0.2, -0.15) is 0 Å². The average Bonchev–Trinajstić information content (AvgIpc) is 2.61. The fourth-order valence-electron chi connectivity index (χ4n) is 3.27. The Morgan fingerprint density at radius 3 is 2.43 bits per heavy atom. The number of nitrogens with one attached hydrogen (secondary N) is 1. The standard InChI is InChI=1S/C22H35N3O3/c1-17-8-6-7-13-25(17)15-19-11-9-18(10-12-19)14-23-20(26)16-24(5)21(27)28-22(2,3)4/h9-12,17H,6-8,13-16H2,1-5H3,(H,23,26). The molecule has 0 radical (unpaired) electrons. The summed E-state index contributed by atoms with van der Waals surface area (Å²) in [6, 6.07) is 9.03. The Morgan fingerprint density at radius 1 is 1.18 bits per heavy atom. The van der Waals surface area contributed by atoms with Crippen molar-refractivity contribution in [3.8, 4) is 0 Å². The van der Waals surface area contributed by atoms with E-state index in [9.17, 15) is 9.59 Å². The highest BCUT2D eigenvalue weighted by molar-refractivity contribution is 5.82. The first-order chi connectivity index (χ1) is 13.1. The van der Waals surface area contributed by atoms with Crippen molar-refractivity contribution in [2.75, 3.05) is 20.1 Å². The fraction of sp³-hybridized carbons (Fsp3) is 0.636. The molecule has 0 bridgehead atoms. The Labute approximate surface area is 169 Å². The third-order valence-corrected chi connectivity index (χ3v) is 4.92. The van der Waals surface area contributed by atoms with Crippen LogP contribution >= 0.6 is 0 Å². The molecule has 2 amide bonds. The lowest BCUT2D eigenvalue weighted by atomic mass is 10.0.